The molecule has 3 heterocycles. The van der Waals surface area contributed by atoms with Gasteiger partial charge in [0.25, 0.3) is 5.56 Å². The molecule has 10 heteroatoms. The molecule has 3 aromatic heterocycles. The second-order valence-electron chi connectivity index (χ2n) is 7.53. The van der Waals surface area contributed by atoms with Gasteiger partial charge < -0.3 is 10.3 Å². The number of anilines is 1. The van der Waals surface area contributed by atoms with Crippen molar-refractivity contribution in [1.29, 1.82) is 0 Å². The molecule has 1 atom stereocenters. The van der Waals surface area contributed by atoms with Crippen LogP contribution < -0.4 is 10.9 Å². The van der Waals surface area contributed by atoms with Gasteiger partial charge in [-0.2, -0.15) is 0 Å². The largest absolute Gasteiger partial charge is 0.358 e. The summed E-state index contributed by atoms with van der Waals surface area (Å²) in [6, 6.07) is 9.37. The molecule has 0 bridgehead atoms. The van der Waals surface area contributed by atoms with Gasteiger partial charge in [0.05, 0.1) is 23.6 Å². The second-order valence-corrected chi connectivity index (χ2v) is 7.53. The number of nitrogens with one attached hydrogen (secondary N) is 2. The number of imidazole rings is 1. The van der Waals surface area contributed by atoms with Gasteiger partial charge in [0.2, 0.25) is 0 Å². The summed E-state index contributed by atoms with van der Waals surface area (Å²) < 4.78 is 30.0. The lowest BCUT2D eigenvalue weighted by atomic mass is 10.1. The number of aromatic amines is 1. The van der Waals surface area contributed by atoms with E-state index in [4.69, 9.17) is 0 Å². The summed E-state index contributed by atoms with van der Waals surface area (Å²) in [6.45, 7) is 1.99. The molecule has 5 rings (SSSR count). The van der Waals surface area contributed by atoms with E-state index in [2.05, 4.69) is 30.2 Å². The predicted molar refractivity (Wildman–Crippen MR) is 120 cm³/mol. The molecule has 166 valence electrons. The van der Waals surface area contributed by atoms with Crippen LogP contribution in [0, 0.1) is 11.6 Å². The zero-order valence-electron chi connectivity index (χ0n) is 17.6. The Hall–Kier alpha value is -4.21. The first kappa shape index (κ1) is 20.7. The van der Waals surface area contributed by atoms with Gasteiger partial charge in [0, 0.05) is 0 Å². The fourth-order valence-corrected chi connectivity index (χ4v) is 3.90. The highest BCUT2D eigenvalue weighted by Gasteiger charge is 2.23. The molecule has 0 amide bonds. The number of rotatable bonds is 6. The predicted octanol–water partition coefficient (Wildman–Crippen LogP) is 4.28. The first-order chi connectivity index (χ1) is 16.1. The lowest BCUT2D eigenvalue weighted by molar-refractivity contribution is 0.604. The van der Waals surface area contributed by atoms with Crippen LogP contribution in [0.1, 0.15) is 31.6 Å². The first-order valence-corrected chi connectivity index (χ1v) is 10.4. The van der Waals surface area contributed by atoms with Crippen LogP contribution in [0.5, 0.6) is 0 Å². The number of halogens is 2. The average Bonchev–Trinajstić information content (AvgIpc) is 3.28. The molecule has 8 nitrogen and oxygen atoms in total. The molecule has 0 fully saturated rings. The minimum absolute atomic E-state index is 0.154. The van der Waals surface area contributed by atoms with E-state index in [1.807, 2.05) is 6.92 Å². The molecule has 2 N–H and O–H groups in total. The molecule has 0 aliphatic heterocycles. The van der Waals surface area contributed by atoms with E-state index in [9.17, 15) is 13.6 Å². The highest BCUT2D eigenvalue weighted by Crippen LogP contribution is 2.27. The SMILES string of the molecule is CCC[C@@H](Nc1ncnc2nc[nH]c12)c1nc2cccc(F)c2c(=O)n1-c1cccc(F)c1. The lowest BCUT2D eigenvalue weighted by Gasteiger charge is -2.23. The van der Waals surface area contributed by atoms with Crippen molar-refractivity contribution >= 4 is 27.9 Å². The third kappa shape index (κ3) is 3.69. The smallest absolute Gasteiger partial charge is 0.269 e. The zero-order valence-corrected chi connectivity index (χ0v) is 17.6. The maximum atomic E-state index is 14.6. The van der Waals surface area contributed by atoms with Gasteiger partial charge >= 0.3 is 0 Å². The van der Waals surface area contributed by atoms with Crippen molar-refractivity contribution < 1.29 is 8.78 Å². The molecule has 0 unspecified atom stereocenters. The van der Waals surface area contributed by atoms with Crippen molar-refractivity contribution in [3.63, 3.8) is 0 Å². The molecule has 33 heavy (non-hydrogen) atoms. The van der Waals surface area contributed by atoms with E-state index < -0.39 is 23.2 Å². The summed E-state index contributed by atoms with van der Waals surface area (Å²) in [6.07, 6.45) is 4.22. The van der Waals surface area contributed by atoms with Gasteiger partial charge in [-0.1, -0.05) is 25.5 Å². The van der Waals surface area contributed by atoms with Gasteiger partial charge in [-0.05, 0) is 36.8 Å². The number of benzene rings is 2. The fourth-order valence-electron chi connectivity index (χ4n) is 3.90. The number of nitrogens with zero attached hydrogens (tertiary/aromatic N) is 5. The molecular formula is C23H19F2N7O. The third-order valence-corrected chi connectivity index (χ3v) is 5.36. The fraction of sp³-hybridized carbons (Fsp3) is 0.174. The Labute approximate surface area is 186 Å². The molecule has 0 saturated carbocycles. The van der Waals surface area contributed by atoms with Gasteiger partial charge in [0.1, 0.15) is 34.7 Å². The quantitative estimate of drug-likeness (QED) is 0.403. The summed E-state index contributed by atoms with van der Waals surface area (Å²) in [4.78, 5) is 33.7. The Morgan fingerprint density at radius 1 is 1.12 bits per heavy atom. The zero-order chi connectivity index (χ0) is 22.9. The molecule has 0 aliphatic carbocycles. The standard InChI is InChI=1S/C23H19F2N7O/c1-2-5-17(30-21-19-20(27-11-26-19)28-12-29-21)22-31-16-9-4-8-15(25)18(16)23(33)32(22)14-7-3-6-13(24)10-14/h3-4,6-12,17H,2,5H2,1H3,(H2,26,27,28,29,30)/t17-/m1/s1. The summed E-state index contributed by atoms with van der Waals surface area (Å²) >= 11 is 0. The summed E-state index contributed by atoms with van der Waals surface area (Å²) in [5.74, 6) is -0.405. The van der Waals surface area contributed by atoms with Gasteiger partial charge in [-0.3, -0.25) is 9.36 Å². The maximum Gasteiger partial charge on any atom is 0.269 e. The Kier molecular flexibility index (Phi) is 5.25. The molecule has 0 saturated heterocycles. The van der Waals surface area contributed by atoms with Crippen molar-refractivity contribution in [1.82, 2.24) is 29.5 Å². The topological polar surface area (TPSA) is 101 Å². The van der Waals surface area contributed by atoms with Crippen LogP contribution >= 0.6 is 0 Å². The van der Waals surface area contributed by atoms with E-state index in [-0.39, 0.29) is 16.6 Å². The van der Waals surface area contributed by atoms with E-state index in [1.165, 1.54) is 47.6 Å². The van der Waals surface area contributed by atoms with Crippen LogP contribution in [0.15, 0.2) is 59.9 Å². The van der Waals surface area contributed by atoms with Gasteiger partial charge in [-0.25, -0.2) is 28.7 Å². The van der Waals surface area contributed by atoms with Gasteiger partial charge in [0.15, 0.2) is 11.5 Å². The second kappa shape index (κ2) is 8.38. The van der Waals surface area contributed by atoms with Crippen LogP contribution in [-0.4, -0.2) is 29.5 Å². The normalized spacial score (nSPS) is 12.3. The average molecular weight is 447 g/mol. The van der Waals surface area contributed by atoms with Crippen molar-refractivity contribution in [3.8, 4) is 5.69 Å². The Morgan fingerprint density at radius 3 is 2.79 bits per heavy atom. The molecule has 0 radical (unpaired) electrons. The number of hydrogen-bond donors (Lipinski definition) is 2. The maximum absolute atomic E-state index is 14.6. The van der Waals surface area contributed by atoms with E-state index in [0.29, 0.717) is 29.2 Å². The summed E-state index contributed by atoms with van der Waals surface area (Å²) in [5.41, 5.74) is 0.949. The minimum Gasteiger partial charge on any atom is -0.358 e. The van der Waals surface area contributed by atoms with Gasteiger partial charge in [-0.15, -0.1) is 0 Å². The molecular weight excluding hydrogens is 428 g/mol. The first-order valence-electron chi connectivity index (χ1n) is 10.4. The van der Waals surface area contributed by atoms with Crippen LogP contribution in [0.3, 0.4) is 0 Å². The number of fused-ring (bicyclic) bond motifs is 2. The Morgan fingerprint density at radius 2 is 1.97 bits per heavy atom. The number of aromatic nitrogens is 6. The monoisotopic (exact) mass is 447 g/mol. The third-order valence-electron chi connectivity index (χ3n) is 5.36. The lowest BCUT2D eigenvalue weighted by Crippen LogP contribution is -2.29. The van der Waals surface area contributed by atoms with E-state index in [1.54, 1.807) is 12.1 Å². The molecule has 0 spiro atoms. The van der Waals surface area contributed by atoms with Crippen molar-refractivity contribution in [2.24, 2.45) is 0 Å². The molecule has 2 aromatic carbocycles. The van der Waals surface area contributed by atoms with Crippen LogP contribution in [0.25, 0.3) is 27.8 Å². The van der Waals surface area contributed by atoms with Crippen molar-refractivity contribution in [2.75, 3.05) is 5.32 Å². The highest BCUT2D eigenvalue weighted by molar-refractivity contribution is 5.82. The van der Waals surface area contributed by atoms with Crippen LogP contribution in [0.2, 0.25) is 0 Å². The van der Waals surface area contributed by atoms with E-state index >= 15 is 0 Å². The van der Waals surface area contributed by atoms with Crippen molar-refractivity contribution in [3.05, 3.63) is 82.9 Å². The minimum atomic E-state index is -0.684. The summed E-state index contributed by atoms with van der Waals surface area (Å²) in [5, 5.41) is 3.17. The molecule has 5 aromatic rings. The number of H-pyrrole nitrogens is 1. The van der Waals surface area contributed by atoms with Crippen LogP contribution in [-0.2, 0) is 0 Å². The van der Waals surface area contributed by atoms with Crippen LogP contribution in [0.4, 0.5) is 14.6 Å². The van der Waals surface area contributed by atoms with Crippen molar-refractivity contribution in [2.45, 2.75) is 25.8 Å². The summed E-state index contributed by atoms with van der Waals surface area (Å²) in [7, 11) is 0. The Balaban J connectivity index is 1.76. The molecule has 0 aliphatic rings. The highest BCUT2D eigenvalue weighted by atomic mass is 19.1. The van der Waals surface area contributed by atoms with E-state index in [0.717, 1.165) is 6.42 Å². The Bertz CT molecular complexity index is 1530. The number of hydrogen-bond acceptors (Lipinski definition) is 6.